The van der Waals surface area contributed by atoms with Crippen LogP contribution in [0.1, 0.15) is 39.5 Å². The number of benzene rings is 1. The second kappa shape index (κ2) is 11.5. The standard InChI is InChI=1S/C19H28N4O3S3/c1-3-23(4-2)19(27)28-14-18(24)21-15-9-8-10-16(13-15)29(25,26)22-17-11-6-5-7-12-20-17/h8-10,13H,3-7,11-12,14H2,1-2H3,(H,20,22)(H,21,24). The molecule has 1 aromatic rings. The van der Waals surface area contributed by atoms with Crippen LogP contribution in [0.4, 0.5) is 5.69 Å². The fourth-order valence-electron chi connectivity index (χ4n) is 2.81. The highest BCUT2D eigenvalue weighted by Crippen LogP contribution is 2.17. The van der Waals surface area contributed by atoms with Gasteiger partial charge in [0.05, 0.1) is 10.6 Å². The minimum Gasteiger partial charge on any atom is -0.358 e. The minimum absolute atomic E-state index is 0.0913. The maximum absolute atomic E-state index is 12.7. The first kappa shape index (κ1) is 23.6. The Bertz CT molecular complexity index is 852. The van der Waals surface area contributed by atoms with Crippen LogP contribution < -0.4 is 10.0 Å². The molecule has 0 fully saturated rings. The predicted molar refractivity (Wildman–Crippen MR) is 124 cm³/mol. The van der Waals surface area contributed by atoms with Gasteiger partial charge in [-0.05, 0) is 44.9 Å². The van der Waals surface area contributed by atoms with E-state index in [1.165, 1.54) is 23.9 Å². The molecule has 29 heavy (non-hydrogen) atoms. The number of anilines is 1. The number of aliphatic imine (C=N–C) groups is 1. The van der Waals surface area contributed by atoms with Crippen LogP contribution in [0.5, 0.6) is 0 Å². The number of nitrogens with one attached hydrogen (secondary N) is 2. The van der Waals surface area contributed by atoms with Gasteiger partial charge in [-0.15, -0.1) is 0 Å². The zero-order chi connectivity index (χ0) is 21.3. The third kappa shape index (κ3) is 7.60. The second-order valence-corrected chi connectivity index (χ2v) is 9.84. The summed E-state index contributed by atoms with van der Waals surface area (Å²) in [6.07, 6.45) is 3.57. The van der Waals surface area contributed by atoms with Gasteiger partial charge in [-0.25, -0.2) is 8.42 Å². The molecule has 1 aliphatic rings. The smallest absolute Gasteiger partial charge is 0.262 e. The summed E-state index contributed by atoms with van der Waals surface area (Å²) in [6.45, 7) is 6.25. The largest absolute Gasteiger partial charge is 0.358 e. The van der Waals surface area contributed by atoms with E-state index in [2.05, 4.69) is 15.0 Å². The van der Waals surface area contributed by atoms with Gasteiger partial charge in [-0.1, -0.05) is 36.5 Å². The first-order valence-corrected chi connectivity index (χ1v) is 12.6. The molecule has 1 aromatic carbocycles. The summed E-state index contributed by atoms with van der Waals surface area (Å²) in [5.74, 6) is 0.430. The normalized spacial score (nSPS) is 14.5. The lowest BCUT2D eigenvalue weighted by Gasteiger charge is -2.20. The van der Waals surface area contributed by atoms with E-state index in [4.69, 9.17) is 12.2 Å². The number of hydrogen-bond donors (Lipinski definition) is 2. The number of thiocarbonyl (C=S) groups is 1. The van der Waals surface area contributed by atoms with Crippen molar-refractivity contribution >= 4 is 55.8 Å². The van der Waals surface area contributed by atoms with Crippen molar-refractivity contribution in [3.63, 3.8) is 0 Å². The Morgan fingerprint density at radius 3 is 2.72 bits per heavy atom. The summed E-state index contributed by atoms with van der Waals surface area (Å²) in [5, 5.41) is 2.74. The van der Waals surface area contributed by atoms with Gasteiger partial charge < -0.3 is 10.2 Å². The Balaban J connectivity index is 1.98. The molecule has 1 heterocycles. The molecule has 2 N–H and O–H groups in total. The van der Waals surface area contributed by atoms with E-state index < -0.39 is 10.0 Å². The SMILES string of the molecule is CCN(CC)C(=S)SCC(=O)Nc1cccc(S(=O)(=O)NC2=NCCCCC2)c1. The average Bonchev–Trinajstić information content (AvgIpc) is 2.96. The molecule has 0 saturated carbocycles. The zero-order valence-electron chi connectivity index (χ0n) is 16.8. The molecule has 1 aliphatic heterocycles. The molecule has 160 valence electrons. The van der Waals surface area contributed by atoms with Crippen molar-refractivity contribution in [2.45, 2.75) is 44.4 Å². The van der Waals surface area contributed by atoms with Gasteiger partial charge in [0, 0.05) is 31.7 Å². The number of amidine groups is 1. The van der Waals surface area contributed by atoms with Crippen molar-refractivity contribution < 1.29 is 13.2 Å². The first-order valence-electron chi connectivity index (χ1n) is 9.73. The number of nitrogens with zero attached hydrogens (tertiary/aromatic N) is 2. The van der Waals surface area contributed by atoms with E-state index in [0.717, 1.165) is 32.4 Å². The molecule has 0 radical (unpaired) electrons. The Labute approximate surface area is 182 Å². The van der Waals surface area contributed by atoms with E-state index >= 15 is 0 Å². The Kier molecular flexibility index (Phi) is 9.38. The molecule has 0 aliphatic carbocycles. The highest BCUT2D eigenvalue weighted by molar-refractivity contribution is 8.23. The van der Waals surface area contributed by atoms with Crippen molar-refractivity contribution in [3.05, 3.63) is 24.3 Å². The lowest BCUT2D eigenvalue weighted by Crippen LogP contribution is -2.30. The topological polar surface area (TPSA) is 90.9 Å². The van der Waals surface area contributed by atoms with Crippen molar-refractivity contribution in [2.24, 2.45) is 4.99 Å². The average molecular weight is 457 g/mol. The van der Waals surface area contributed by atoms with Crippen molar-refractivity contribution in [3.8, 4) is 0 Å². The fraction of sp³-hybridized carbons (Fsp3) is 0.526. The van der Waals surface area contributed by atoms with Gasteiger partial charge in [-0.2, -0.15) is 0 Å². The second-order valence-electron chi connectivity index (χ2n) is 6.55. The zero-order valence-corrected chi connectivity index (χ0v) is 19.3. The summed E-state index contributed by atoms with van der Waals surface area (Å²) in [6, 6.07) is 6.21. The summed E-state index contributed by atoms with van der Waals surface area (Å²) in [4.78, 5) is 18.6. The summed E-state index contributed by atoms with van der Waals surface area (Å²) in [7, 11) is -3.74. The van der Waals surface area contributed by atoms with Crippen LogP contribution in [0.3, 0.4) is 0 Å². The number of carbonyl (C=O) groups excluding carboxylic acids is 1. The molecule has 1 amide bonds. The molecule has 7 nitrogen and oxygen atoms in total. The van der Waals surface area contributed by atoms with Crippen LogP contribution in [0.15, 0.2) is 34.2 Å². The van der Waals surface area contributed by atoms with Crippen LogP contribution >= 0.6 is 24.0 Å². The number of rotatable bonds is 7. The molecule has 0 bridgehead atoms. The third-order valence-electron chi connectivity index (χ3n) is 4.40. The summed E-state index contributed by atoms with van der Waals surface area (Å²) < 4.78 is 28.6. The number of amides is 1. The van der Waals surface area contributed by atoms with Gasteiger partial charge >= 0.3 is 0 Å². The van der Waals surface area contributed by atoms with Gasteiger partial charge in [0.25, 0.3) is 10.0 Å². The van der Waals surface area contributed by atoms with Gasteiger partial charge in [0.1, 0.15) is 10.2 Å². The van der Waals surface area contributed by atoms with Crippen LogP contribution in [-0.4, -0.2) is 54.8 Å². The van der Waals surface area contributed by atoms with Crippen molar-refractivity contribution in [2.75, 3.05) is 30.7 Å². The van der Waals surface area contributed by atoms with E-state index in [9.17, 15) is 13.2 Å². The van der Waals surface area contributed by atoms with E-state index in [0.29, 0.717) is 28.8 Å². The third-order valence-corrected chi connectivity index (χ3v) is 7.31. The lowest BCUT2D eigenvalue weighted by atomic mass is 10.2. The summed E-state index contributed by atoms with van der Waals surface area (Å²) in [5.41, 5.74) is 0.426. The van der Waals surface area contributed by atoms with E-state index in [1.807, 2.05) is 18.7 Å². The van der Waals surface area contributed by atoms with E-state index in [1.54, 1.807) is 12.1 Å². The molecule has 0 unspecified atom stereocenters. The number of thioether (sulfide) groups is 1. The highest BCUT2D eigenvalue weighted by atomic mass is 32.2. The minimum atomic E-state index is -3.74. The molecule has 0 aromatic heterocycles. The van der Waals surface area contributed by atoms with E-state index in [-0.39, 0.29) is 16.6 Å². The molecule has 10 heteroatoms. The molecule has 0 spiro atoms. The van der Waals surface area contributed by atoms with Gasteiger partial charge in [0.2, 0.25) is 5.91 Å². The lowest BCUT2D eigenvalue weighted by molar-refractivity contribution is -0.113. The Hall–Kier alpha value is -1.65. The maximum atomic E-state index is 12.7. The number of carbonyl (C=O) groups is 1. The summed E-state index contributed by atoms with van der Waals surface area (Å²) >= 11 is 6.62. The quantitative estimate of drug-likeness (QED) is 0.612. The maximum Gasteiger partial charge on any atom is 0.262 e. The van der Waals surface area contributed by atoms with Crippen LogP contribution in [-0.2, 0) is 14.8 Å². The molecular weight excluding hydrogens is 428 g/mol. The highest BCUT2D eigenvalue weighted by Gasteiger charge is 2.18. The van der Waals surface area contributed by atoms with Crippen molar-refractivity contribution in [1.82, 2.24) is 9.62 Å². The Morgan fingerprint density at radius 1 is 1.24 bits per heavy atom. The molecule has 0 atom stereocenters. The van der Waals surface area contributed by atoms with Gasteiger partial charge in [-0.3, -0.25) is 14.5 Å². The Morgan fingerprint density at radius 2 is 2.00 bits per heavy atom. The molecule has 0 saturated heterocycles. The van der Waals surface area contributed by atoms with Crippen LogP contribution in [0, 0.1) is 0 Å². The molecule has 2 rings (SSSR count). The van der Waals surface area contributed by atoms with Crippen LogP contribution in [0.25, 0.3) is 0 Å². The fourth-order valence-corrected chi connectivity index (χ4v) is 5.15. The van der Waals surface area contributed by atoms with Gasteiger partial charge in [0.15, 0.2) is 0 Å². The predicted octanol–water partition coefficient (Wildman–Crippen LogP) is 3.24. The first-order chi connectivity index (χ1) is 13.9. The number of sulfonamides is 1. The molecular formula is C19H28N4O3S3. The van der Waals surface area contributed by atoms with Crippen molar-refractivity contribution in [1.29, 1.82) is 0 Å². The number of hydrogen-bond acceptors (Lipinski definition) is 6. The monoisotopic (exact) mass is 456 g/mol. The van der Waals surface area contributed by atoms with Crippen LogP contribution in [0.2, 0.25) is 0 Å².